The zero-order valence-corrected chi connectivity index (χ0v) is 14.4. The molecule has 2 heterocycles. The lowest BCUT2D eigenvalue weighted by Crippen LogP contribution is -2.59. The molecule has 1 aliphatic heterocycles. The second kappa shape index (κ2) is 8.88. The summed E-state index contributed by atoms with van der Waals surface area (Å²) < 4.78 is 0. The number of piperazine rings is 1. The fourth-order valence-corrected chi connectivity index (χ4v) is 3.01. The Kier molecular flexibility index (Phi) is 6.85. The number of amides is 2. The number of rotatable bonds is 6. The summed E-state index contributed by atoms with van der Waals surface area (Å²) in [5.41, 5.74) is 0.942. The Balaban J connectivity index is 1.91. The Hall–Kier alpha value is -1.60. The second-order valence-corrected chi connectivity index (χ2v) is 7.31. The van der Waals surface area contributed by atoms with Crippen LogP contribution in [-0.4, -0.2) is 58.4 Å². The van der Waals surface area contributed by atoms with Crippen LogP contribution in [0.3, 0.4) is 0 Å². The van der Waals surface area contributed by atoms with E-state index in [1.165, 1.54) is 0 Å². The van der Waals surface area contributed by atoms with E-state index in [4.69, 9.17) is 0 Å². The monoisotopic (exact) mass is 336 g/mol. The van der Waals surface area contributed by atoms with Gasteiger partial charge >= 0.3 is 0 Å². The highest BCUT2D eigenvalue weighted by atomic mass is 32.2. The number of nitrogens with one attached hydrogen (secondary N) is 2. The molecule has 0 aliphatic carbocycles. The fourth-order valence-electron chi connectivity index (χ4n) is 2.37. The van der Waals surface area contributed by atoms with Crippen LogP contribution in [0, 0.1) is 0 Å². The predicted octanol–water partition coefficient (Wildman–Crippen LogP) is 0.640. The van der Waals surface area contributed by atoms with Gasteiger partial charge < -0.3 is 15.5 Å². The van der Waals surface area contributed by atoms with Crippen molar-refractivity contribution < 1.29 is 9.59 Å². The quantitative estimate of drug-likeness (QED) is 0.797. The van der Waals surface area contributed by atoms with Gasteiger partial charge in [0.1, 0.15) is 6.04 Å². The van der Waals surface area contributed by atoms with E-state index in [0.29, 0.717) is 30.6 Å². The molecule has 1 aromatic heterocycles. The van der Waals surface area contributed by atoms with E-state index in [2.05, 4.69) is 29.5 Å². The summed E-state index contributed by atoms with van der Waals surface area (Å²) in [6, 6.07) is 3.30. The van der Waals surface area contributed by atoms with E-state index in [1.54, 1.807) is 29.1 Å². The summed E-state index contributed by atoms with van der Waals surface area (Å²) in [4.78, 5) is 30.6. The van der Waals surface area contributed by atoms with E-state index in [9.17, 15) is 9.59 Å². The van der Waals surface area contributed by atoms with Crippen LogP contribution in [0.5, 0.6) is 0 Å². The number of carbonyl (C=O) groups excluding carboxylic acids is 2. The van der Waals surface area contributed by atoms with Crippen molar-refractivity contribution in [1.82, 2.24) is 20.5 Å². The molecule has 126 valence electrons. The van der Waals surface area contributed by atoms with Crippen molar-refractivity contribution in [2.45, 2.75) is 31.7 Å². The molecule has 1 fully saturated rings. The van der Waals surface area contributed by atoms with Crippen LogP contribution in [0.15, 0.2) is 24.5 Å². The van der Waals surface area contributed by atoms with E-state index >= 15 is 0 Å². The van der Waals surface area contributed by atoms with E-state index in [0.717, 1.165) is 12.1 Å². The molecule has 0 radical (unpaired) electrons. The van der Waals surface area contributed by atoms with E-state index in [-0.39, 0.29) is 11.8 Å². The van der Waals surface area contributed by atoms with Crippen LogP contribution in [-0.2, 0) is 16.1 Å². The molecule has 0 spiro atoms. The zero-order chi connectivity index (χ0) is 16.7. The first-order valence-corrected chi connectivity index (χ1v) is 8.91. The van der Waals surface area contributed by atoms with Gasteiger partial charge in [-0.2, -0.15) is 0 Å². The average molecular weight is 336 g/mol. The maximum Gasteiger partial charge on any atom is 0.244 e. The second-order valence-electron chi connectivity index (χ2n) is 5.75. The van der Waals surface area contributed by atoms with Gasteiger partial charge in [0.15, 0.2) is 0 Å². The summed E-state index contributed by atoms with van der Waals surface area (Å²) in [5.74, 6) is 0.333. The maximum absolute atomic E-state index is 12.5. The Morgan fingerprint density at radius 3 is 3.04 bits per heavy atom. The molecule has 23 heavy (non-hydrogen) atoms. The number of carbonyl (C=O) groups is 2. The summed E-state index contributed by atoms with van der Waals surface area (Å²) in [6.07, 6.45) is 3.42. The molecule has 1 atom stereocenters. The van der Waals surface area contributed by atoms with Gasteiger partial charge in [-0.25, -0.2) is 0 Å². The normalized spacial score (nSPS) is 18.0. The molecule has 1 aromatic rings. The lowest BCUT2D eigenvalue weighted by molar-refractivity contribution is -0.139. The van der Waals surface area contributed by atoms with Gasteiger partial charge in [0, 0.05) is 38.6 Å². The Morgan fingerprint density at radius 2 is 2.35 bits per heavy atom. The van der Waals surface area contributed by atoms with Gasteiger partial charge in [-0.05, 0) is 16.9 Å². The molecule has 1 unspecified atom stereocenters. The van der Waals surface area contributed by atoms with Gasteiger partial charge in [0.25, 0.3) is 0 Å². The largest absolute Gasteiger partial charge is 0.350 e. The summed E-state index contributed by atoms with van der Waals surface area (Å²) in [6.45, 7) is 6.34. The number of hydrogen-bond donors (Lipinski definition) is 2. The van der Waals surface area contributed by atoms with Gasteiger partial charge in [0.05, 0.1) is 5.75 Å². The lowest BCUT2D eigenvalue weighted by atomic mass is 10.1. The number of pyridine rings is 1. The number of nitrogens with zero attached hydrogens (tertiary/aromatic N) is 2. The number of hydrogen-bond acceptors (Lipinski definition) is 5. The molecule has 2 amide bonds. The first kappa shape index (κ1) is 17.7. The summed E-state index contributed by atoms with van der Waals surface area (Å²) in [5, 5.41) is 6.49. The molecule has 0 bridgehead atoms. The van der Waals surface area contributed by atoms with Gasteiger partial charge in [-0.3, -0.25) is 14.6 Å². The summed E-state index contributed by atoms with van der Waals surface area (Å²) >= 11 is 1.61. The molecule has 0 saturated carbocycles. The first-order chi connectivity index (χ1) is 11.1. The van der Waals surface area contributed by atoms with E-state index in [1.807, 2.05) is 12.1 Å². The average Bonchev–Trinajstić information content (AvgIpc) is 2.58. The van der Waals surface area contributed by atoms with Crippen LogP contribution in [0.1, 0.15) is 19.4 Å². The van der Waals surface area contributed by atoms with Crippen molar-refractivity contribution >= 4 is 23.6 Å². The third-order valence-corrected chi connectivity index (χ3v) is 4.68. The number of aromatic nitrogens is 1. The minimum atomic E-state index is -0.444. The lowest BCUT2D eigenvalue weighted by Gasteiger charge is -2.35. The highest BCUT2D eigenvalue weighted by molar-refractivity contribution is 8.00. The maximum atomic E-state index is 12.5. The molecule has 1 saturated heterocycles. The third kappa shape index (κ3) is 5.51. The van der Waals surface area contributed by atoms with Crippen molar-refractivity contribution in [1.29, 1.82) is 0 Å². The van der Waals surface area contributed by atoms with E-state index < -0.39 is 6.04 Å². The fraction of sp³-hybridized carbons (Fsp3) is 0.562. The van der Waals surface area contributed by atoms with Gasteiger partial charge in [0.2, 0.25) is 11.8 Å². The predicted molar refractivity (Wildman–Crippen MR) is 92.0 cm³/mol. The van der Waals surface area contributed by atoms with Crippen LogP contribution in [0.4, 0.5) is 0 Å². The SMILES string of the molecule is CC(C)SCC(=O)N1CCNCC1C(=O)NCc1cccnc1. The Morgan fingerprint density at radius 1 is 1.52 bits per heavy atom. The molecule has 2 N–H and O–H groups in total. The van der Waals surface area contributed by atoms with Crippen LogP contribution in [0.2, 0.25) is 0 Å². The summed E-state index contributed by atoms with van der Waals surface area (Å²) in [7, 11) is 0. The molecular weight excluding hydrogens is 312 g/mol. The highest BCUT2D eigenvalue weighted by Crippen LogP contribution is 2.13. The van der Waals surface area contributed by atoms with Gasteiger partial charge in [-0.15, -0.1) is 11.8 Å². The van der Waals surface area contributed by atoms with Crippen LogP contribution < -0.4 is 10.6 Å². The number of thioether (sulfide) groups is 1. The topological polar surface area (TPSA) is 74.3 Å². The Bertz CT molecular complexity index is 524. The molecule has 1 aliphatic rings. The molecule has 0 aromatic carbocycles. The molecular formula is C16H24N4O2S. The van der Waals surface area contributed by atoms with Crippen LogP contribution >= 0.6 is 11.8 Å². The smallest absolute Gasteiger partial charge is 0.244 e. The standard InChI is InChI=1S/C16H24N4O2S/c1-12(2)23-11-15(21)20-7-6-18-10-14(20)16(22)19-9-13-4-3-5-17-8-13/h3-5,8,12,14,18H,6-7,9-11H2,1-2H3,(H,19,22). The van der Waals surface area contributed by atoms with Gasteiger partial charge in [-0.1, -0.05) is 19.9 Å². The molecule has 7 heteroatoms. The third-order valence-electron chi connectivity index (χ3n) is 3.60. The highest BCUT2D eigenvalue weighted by Gasteiger charge is 2.31. The van der Waals surface area contributed by atoms with Crippen molar-refractivity contribution in [3.63, 3.8) is 0 Å². The minimum absolute atomic E-state index is 0.0340. The van der Waals surface area contributed by atoms with Crippen molar-refractivity contribution in [3.8, 4) is 0 Å². The first-order valence-electron chi connectivity index (χ1n) is 7.86. The van der Waals surface area contributed by atoms with Crippen LogP contribution in [0.25, 0.3) is 0 Å². The Labute approximate surface area is 141 Å². The minimum Gasteiger partial charge on any atom is -0.350 e. The van der Waals surface area contributed by atoms with Crippen molar-refractivity contribution in [2.24, 2.45) is 0 Å². The molecule has 2 rings (SSSR count). The zero-order valence-electron chi connectivity index (χ0n) is 13.6. The molecule has 6 nitrogen and oxygen atoms in total. The van der Waals surface area contributed by atoms with Crippen molar-refractivity contribution in [3.05, 3.63) is 30.1 Å². The van der Waals surface area contributed by atoms with Crippen molar-refractivity contribution in [2.75, 3.05) is 25.4 Å².